The molecule has 0 saturated heterocycles. The lowest BCUT2D eigenvalue weighted by molar-refractivity contribution is 0.0825. The van der Waals surface area contributed by atoms with Gasteiger partial charge in [0, 0.05) is 14.1 Å². The highest BCUT2D eigenvalue weighted by molar-refractivity contribution is 6.01. The van der Waals surface area contributed by atoms with Crippen LogP contribution >= 0.6 is 0 Å². The maximum absolute atomic E-state index is 13.0. The van der Waals surface area contributed by atoms with Crippen LogP contribution < -0.4 is 21.2 Å². The normalized spacial score (nSPS) is 11.4. The molecule has 0 bridgehead atoms. The van der Waals surface area contributed by atoms with E-state index in [1.54, 1.807) is 14.1 Å². The van der Waals surface area contributed by atoms with E-state index in [0.717, 1.165) is 5.56 Å². The van der Waals surface area contributed by atoms with Crippen molar-refractivity contribution in [2.24, 2.45) is 0 Å². The molecule has 0 fully saturated rings. The minimum absolute atomic E-state index is 0.0486. The van der Waals surface area contributed by atoms with Gasteiger partial charge in [0.25, 0.3) is 11.5 Å². The molecule has 2 N–H and O–H groups in total. The largest absolute Gasteiger partial charge is 0.446 e. The van der Waals surface area contributed by atoms with Crippen LogP contribution in [0.3, 0.4) is 0 Å². The van der Waals surface area contributed by atoms with Gasteiger partial charge in [-0.25, -0.2) is 9.53 Å². The summed E-state index contributed by atoms with van der Waals surface area (Å²) in [5.74, 6) is -0.518. The van der Waals surface area contributed by atoms with E-state index in [4.69, 9.17) is 11.3 Å². The van der Waals surface area contributed by atoms with Gasteiger partial charge in [-0.05, 0) is 17.7 Å². The molecule has 1 aliphatic rings. The molecule has 0 atom stereocenters. The van der Waals surface area contributed by atoms with Crippen LogP contribution in [-0.2, 0) is 6.54 Å². The van der Waals surface area contributed by atoms with Crippen molar-refractivity contribution in [3.63, 3.8) is 0 Å². The smallest absolute Gasteiger partial charge is 0.308 e. The number of benzene rings is 2. The van der Waals surface area contributed by atoms with Crippen molar-refractivity contribution in [2.45, 2.75) is 6.54 Å². The summed E-state index contributed by atoms with van der Waals surface area (Å²) in [6.45, 7) is 7.47. The predicted octanol–water partition coefficient (Wildman–Crippen LogP) is 2.69. The van der Waals surface area contributed by atoms with Gasteiger partial charge in [0.15, 0.2) is 17.1 Å². The van der Waals surface area contributed by atoms with E-state index < -0.39 is 17.0 Å². The zero-order valence-electron chi connectivity index (χ0n) is 16.2. The highest BCUT2D eigenvalue weighted by Crippen LogP contribution is 2.43. The van der Waals surface area contributed by atoms with Gasteiger partial charge in [0.2, 0.25) is 5.75 Å². The number of anilines is 2. The first-order chi connectivity index (χ1) is 14.4. The van der Waals surface area contributed by atoms with Gasteiger partial charge in [-0.2, -0.15) is 0 Å². The minimum Gasteiger partial charge on any atom is -0.446 e. The molecule has 0 unspecified atom stereocenters. The molecule has 2 aromatic carbocycles. The minimum atomic E-state index is -0.615. The standard InChI is InChI=1S/C21H17N5O4/c1-22-13-9-14(20(28)25(2)3)17-15(10-13)23-16-18(30-17)19(27)24-26(21(16)29)11-12-7-5-4-6-8-12/h4-10,23H,11H2,2-3H3,(H,24,27). The van der Waals surface area contributed by atoms with Crippen molar-refractivity contribution >= 4 is 23.0 Å². The maximum atomic E-state index is 13.0. The second-order valence-corrected chi connectivity index (χ2v) is 6.93. The lowest BCUT2D eigenvalue weighted by Gasteiger charge is -2.24. The van der Waals surface area contributed by atoms with Crippen molar-refractivity contribution in [1.82, 2.24) is 14.7 Å². The number of hydrogen-bond acceptors (Lipinski definition) is 5. The molecule has 150 valence electrons. The monoisotopic (exact) mass is 403 g/mol. The number of rotatable bonds is 3. The summed E-state index contributed by atoms with van der Waals surface area (Å²) in [5.41, 5.74) is 0.274. The fourth-order valence-corrected chi connectivity index (χ4v) is 3.17. The van der Waals surface area contributed by atoms with E-state index >= 15 is 0 Å². The Balaban J connectivity index is 1.83. The molecule has 1 amide bonds. The summed E-state index contributed by atoms with van der Waals surface area (Å²) in [5, 5.41) is 5.41. The second-order valence-electron chi connectivity index (χ2n) is 6.93. The summed E-state index contributed by atoms with van der Waals surface area (Å²) < 4.78 is 6.91. The van der Waals surface area contributed by atoms with Crippen LogP contribution in [-0.4, -0.2) is 34.7 Å². The Hall–Kier alpha value is -4.32. The van der Waals surface area contributed by atoms with Crippen LogP contribution in [0.5, 0.6) is 11.5 Å². The van der Waals surface area contributed by atoms with Gasteiger partial charge >= 0.3 is 5.56 Å². The third-order valence-corrected chi connectivity index (χ3v) is 4.62. The summed E-state index contributed by atoms with van der Waals surface area (Å²) in [4.78, 5) is 42.9. The number of ether oxygens (including phenoxy) is 1. The van der Waals surface area contributed by atoms with Crippen molar-refractivity contribution in [3.8, 4) is 11.5 Å². The van der Waals surface area contributed by atoms with E-state index in [9.17, 15) is 14.4 Å². The summed E-state index contributed by atoms with van der Waals surface area (Å²) in [6, 6.07) is 12.1. The Morgan fingerprint density at radius 1 is 1.17 bits per heavy atom. The number of carbonyl (C=O) groups is 1. The maximum Gasteiger partial charge on any atom is 0.308 e. The molecule has 9 heteroatoms. The van der Waals surface area contributed by atoms with Crippen molar-refractivity contribution in [2.75, 3.05) is 19.4 Å². The number of nitrogens with zero attached hydrogens (tertiary/aromatic N) is 3. The third kappa shape index (κ3) is 3.20. The van der Waals surface area contributed by atoms with Gasteiger partial charge in [-0.15, -0.1) is 0 Å². The van der Waals surface area contributed by atoms with Crippen LogP contribution in [0.4, 0.5) is 17.1 Å². The second kappa shape index (κ2) is 7.25. The zero-order valence-corrected chi connectivity index (χ0v) is 16.2. The van der Waals surface area contributed by atoms with E-state index in [0.29, 0.717) is 0 Å². The molecule has 4 rings (SSSR count). The van der Waals surface area contributed by atoms with Crippen LogP contribution in [0, 0.1) is 6.57 Å². The first-order valence-electron chi connectivity index (χ1n) is 9.02. The molecule has 1 aromatic heterocycles. The van der Waals surface area contributed by atoms with Crippen LogP contribution in [0.15, 0.2) is 52.1 Å². The number of hydrogen-bond donors (Lipinski definition) is 2. The van der Waals surface area contributed by atoms with Crippen LogP contribution in [0.25, 0.3) is 4.85 Å². The lowest BCUT2D eigenvalue weighted by Crippen LogP contribution is -2.34. The molecule has 0 spiro atoms. The average Bonchev–Trinajstić information content (AvgIpc) is 2.75. The van der Waals surface area contributed by atoms with Crippen molar-refractivity contribution < 1.29 is 9.53 Å². The molecule has 0 saturated carbocycles. The van der Waals surface area contributed by atoms with E-state index in [-0.39, 0.29) is 40.7 Å². The SMILES string of the molecule is [C-]#[N+]c1cc2c(c(C(=O)N(C)C)c1)Oc1c(c(=O)n(Cc3ccccc3)[nH]c1=O)N2. The molecule has 30 heavy (non-hydrogen) atoms. The Morgan fingerprint density at radius 3 is 2.57 bits per heavy atom. The number of amides is 1. The highest BCUT2D eigenvalue weighted by atomic mass is 16.5. The van der Waals surface area contributed by atoms with E-state index in [1.807, 2.05) is 30.3 Å². The fourth-order valence-electron chi connectivity index (χ4n) is 3.17. The molecular formula is C21H17N5O4. The van der Waals surface area contributed by atoms with E-state index in [2.05, 4.69) is 15.3 Å². The summed E-state index contributed by atoms with van der Waals surface area (Å²) in [7, 11) is 3.14. The third-order valence-electron chi connectivity index (χ3n) is 4.62. The molecule has 0 radical (unpaired) electrons. The molecule has 0 aliphatic carbocycles. The Labute approximate surface area is 170 Å². The molecular weight excluding hydrogens is 386 g/mol. The van der Waals surface area contributed by atoms with Crippen LogP contribution in [0.1, 0.15) is 15.9 Å². The number of aromatic amines is 1. The molecule has 1 aliphatic heterocycles. The van der Waals surface area contributed by atoms with Gasteiger partial charge in [0.1, 0.15) is 0 Å². The molecule has 3 aromatic rings. The predicted molar refractivity (Wildman–Crippen MR) is 111 cm³/mol. The first-order valence-corrected chi connectivity index (χ1v) is 9.02. The van der Waals surface area contributed by atoms with E-state index in [1.165, 1.54) is 21.7 Å². The number of aromatic nitrogens is 2. The Bertz CT molecular complexity index is 1320. The molecule has 9 nitrogen and oxygen atoms in total. The highest BCUT2D eigenvalue weighted by Gasteiger charge is 2.29. The number of carbonyl (C=O) groups excluding carboxylic acids is 1. The van der Waals surface area contributed by atoms with Crippen molar-refractivity contribution in [1.29, 1.82) is 0 Å². The Kier molecular flexibility index (Phi) is 4.60. The lowest BCUT2D eigenvalue weighted by atomic mass is 10.1. The van der Waals surface area contributed by atoms with Crippen molar-refractivity contribution in [3.05, 3.63) is 85.7 Å². The average molecular weight is 403 g/mol. The zero-order chi connectivity index (χ0) is 21.4. The quantitative estimate of drug-likeness (QED) is 0.512. The number of fused-ring (bicyclic) bond motifs is 2. The first kappa shape index (κ1) is 19.0. The summed E-state index contributed by atoms with van der Waals surface area (Å²) in [6.07, 6.45) is 0. The van der Waals surface area contributed by atoms with Gasteiger partial charge in [0.05, 0.1) is 24.4 Å². The Morgan fingerprint density at radius 2 is 1.90 bits per heavy atom. The summed E-state index contributed by atoms with van der Waals surface area (Å²) >= 11 is 0. The van der Waals surface area contributed by atoms with Gasteiger partial charge < -0.3 is 15.0 Å². The number of nitrogens with one attached hydrogen (secondary N) is 2. The van der Waals surface area contributed by atoms with Gasteiger partial charge in [-0.1, -0.05) is 30.3 Å². The topological polar surface area (TPSA) is 101 Å². The fraction of sp³-hybridized carbons (Fsp3) is 0.143. The van der Waals surface area contributed by atoms with Gasteiger partial charge in [-0.3, -0.25) is 19.5 Å². The van der Waals surface area contributed by atoms with Crippen LogP contribution in [0.2, 0.25) is 0 Å². The molecule has 2 heterocycles. The number of H-pyrrole nitrogens is 1.